The number of hydrogen-bond acceptors (Lipinski definition) is 4. The Morgan fingerprint density at radius 3 is 2.91 bits per heavy atom. The summed E-state index contributed by atoms with van der Waals surface area (Å²) in [5.74, 6) is 1.02. The molecule has 174 valence electrons. The molecule has 3 saturated heterocycles. The average molecular weight is 447 g/mol. The Balaban J connectivity index is 1.39. The van der Waals surface area contributed by atoms with Gasteiger partial charge < -0.3 is 9.47 Å². The van der Waals surface area contributed by atoms with Gasteiger partial charge in [0.2, 0.25) is 5.43 Å². The standard InChI is InChI=1S/C27H34N4O2/c1-3-29-16-22(25(32)21-10-9-17(2)28-26(21)29)27(33)31-12-6-7-18-13-19-14-20(24(18)31)15-30-11-5-4-8-23(19)30/h9-10,13,16,19-20,23-24H,3-8,11-12,14-15H2,1-2H3/t19-,20+,23-,24-/m1/s1. The van der Waals surface area contributed by atoms with Gasteiger partial charge in [-0.2, -0.15) is 0 Å². The highest BCUT2D eigenvalue weighted by Crippen LogP contribution is 2.45. The maximum Gasteiger partial charge on any atom is 0.259 e. The van der Waals surface area contributed by atoms with E-state index >= 15 is 0 Å². The summed E-state index contributed by atoms with van der Waals surface area (Å²) in [6.45, 7) is 7.65. The zero-order chi connectivity index (χ0) is 22.7. The van der Waals surface area contributed by atoms with Gasteiger partial charge in [0.1, 0.15) is 11.2 Å². The summed E-state index contributed by atoms with van der Waals surface area (Å²) in [6, 6.07) is 4.53. The first-order chi connectivity index (χ1) is 16.0. The molecule has 0 radical (unpaired) electrons. The van der Waals surface area contributed by atoms with Gasteiger partial charge >= 0.3 is 0 Å². The van der Waals surface area contributed by atoms with Crippen LogP contribution >= 0.6 is 0 Å². The van der Waals surface area contributed by atoms with Crippen molar-refractivity contribution in [1.29, 1.82) is 0 Å². The van der Waals surface area contributed by atoms with Crippen LogP contribution in [0.1, 0.15) is 61.5 Å². The Labute approximate surface area is 195 Å². The zero-order valence-corrected chi connectivity index (χ0v) is 19.8. The number of aryl methyl sites for hydroxylation is 2. The second kappa shape index (κ2) is 8.08. The molecule has 3 fully saturated rings. The first kappa shape index (κ1) is 21.1. The number of pyridine rings is 2. The third-order valence-electron chi connectivity index (χ3n) is 8.55. The third kappa shape index (κ3) is 3.37. The van der Waals surface area contributed by atoms with Crippen molar-refractivity contribution in [3.05, 3.63) is 51.5 Å². The van der Waals surface area contributed by atoms with Crippen LogP contribution in [0.4, 0.5) is 0 Å². The molecule has 0 N–H and O–H groups in total. The van der Waals surface area contributed by atoms with Crippen LogP contribution in [0, 0.1) is 18.8 Å². The Bertz CT molecular complexity index is 1200. The molecule has 2 aromatic rings. The topological polar surface area (TPSA) is 58.4 Å². The predicted molar refractivity (Wildman–Crippen MR) is 129 cm³/mol. The second-order valence-electron chi connectivity index (χ2n) is 10.5. The lowest BCUT2D eigenvalue weighted by Crippen LogP contribution is -2.60. The van der Waals surface area contributed by atoms with Crippen LogP contribution in [0.15, 0.2) is 34.8 Å². The summed E-state index contributed by atoms with van der Waals surface area (Å²) < 4.78 is 1.95. The number of carbonyl (C=O) groups is 1. The van der Waals surface area contributed by atoms with E-state index in [0.29, 0.717) is 41.0 Å². The van der Waals surface area contributed by atoms with Crippen molar-refractivity contribution in [2.75, 3.05) is 19.6 Å². The molecule has 0 saturated carbocycles. The number of fused-ring (bicyclic) bond motifs is 7. The number of nitrogens with zero attached hydrogens (tertiary/aromatic N) is 4. The molecule has 2 aromatic heterocycles. The highest BCUT2D eigenvalue weighted by atomic mass is 16.2. The molecule has 33 heavy (non-hydrogen) atoms. The molecule has 0 aromatic carbocycles. The minimum atomic E-state index is -0.184. The van der Waals surface area contributed by atoms with Gasteiger partial charge in [0.15, 0.2) is 0 Å². The molecular weight excluding hydrogens is 412 g/mol. The molecule has 3 aliphatic heterocycles. The number of hydrogen-bond donors (Lipinski definition) is 0. The van der Waals surface area contributed by atoms with E-state index in [1.807, 2.05) is 35.4 Å². The van der Waals surface area contributed by atoms with E-state index in [2.05, 4.69) is 16.0 Å². The lowest BCUT2D eigenvalue weighted by molar-refractivity contribution is 0.00142. The Hall–Kier alpha value is -2.47. The molecule has 6 nitrogen and oxygen atoms in total. The molecule has 6 rings (SSSR count). The van der Waals surface area contributed by atoms with Crippen LogP contribution in [-0.4, -0.2) is 57.0 Å². The van der Waals surface area contributed by atoms with Gasteiger partial charge in [0.05, 0.1) is 11.4 Å². The zero-order valence-electron chi connectivity index (χ0n) is 19.8. The maximum atomic E-state index is 13.9. The summed E-state index contributed by atoms with van der Waals surface area (Å²) >= 11 is 0. The van der Waals surface area contributed by atoms with Crippen molar-refractivity contribution in [3.8, 4) is 0 Å². The maximum absolute atomic E-state index is 13.9. The van der Waals surface area contributed by atoms with Gasteiger partial charge in [-0.05, 0) is 76.5 Å². The monoisotopic (exact) mass is 446 g/mol. The lowest BCUT2D eigenvalue weighted by atomic mass is 9.68. The lowest BCUT2D eigenvalue weighted by Gasteiger charge is -2.54. The summed E-state index contributed by atoms with van der Waals surface area (Å²) in [5, 5.41) is 0.540. The van der Waals surface area contributed by atoms with Gasteiger partial charge in [0, 0.05) is 37.6 Å². The number of carbonyl (C=O) groups excluding carboxylic acids is 1. The fraction of sp³-hybridized carbons (Fsp3) is 0.593. The smallest absolute Gasteiger partial charge is 0.259 e. The number of likely N-dealkylation sites (tertiary alicyclic amines) is 1. The molecule has 2 bridgehead atoms. The van der Waals surface area contributed by atoms with Gasteiger partial charge in [-0.3, -0.25) is 14.5 Å². The van der Waals surface area contributed by atoms with Gasteiger partial charge in [-0.1, -0.05) is 18.1 Å². The SMILES string of the molecule is CCn1cc(C(=O)N2CCCC3=C[C@@H]4C[C@@H](CN5CCCC[C@H]45)[C@@H]32)c(=O)c2ccc(C)nc21. The molecule has 0 unspecified atom stereocenters. The van der Waals surface area contributed by atoms with Crippen molar-refractivity contribution >= 4 is 16.9 Å². The quantitative estimate of drug-likeness (QED) is 0.659. The fourth-order valence-electron chi connectivity index (χ4n) is 7.11. The van der Waals surface area contributed by atoms with Crippen LogP contribution in [0.25, 0.3) is 11.0 Å². The number of aromatic nitrogens is 2. The minimum Gasteiger partial charge on any atom is -0.332 e. The highest BCUT2D eigenvalue weighted by Gasteiger charge is 2.47. The summed E-state index contributed by atoms with van der Waals surface area (Å²) in [4.78, 5) is 36.7. The molecule has 1 aliphatic carbocycles. The van der Waals surface area contributed by atoms with Crippen LogP contribution in [0.3, 0.4) is 0 Å². The van der Waals surface area contributed by atoms with Gasteiger partial charge in [-0.15, -0.1) is 0 Å². The molecule has 1 amide bonds. The Morgan fingerprint density at radius 1 is 1.18 bits per heavy atom. The molecular formula is C27H34N4O2. The first-order valence-electron chi connectivity index (χ1n) is 12.8. The van der Waals surface area contributed by atoms with Gasteiger partial charge in [-0.25, -0.2) is 4.98 Å². The molecule has 0 spiro atoms. The van der Waals surface area contributed by atoms with Crippen LogP contribution in [0.2, 0.25) is 0 Å². The highest BCUT2D eigenvalue weighted by molar-refractivity contribution is 5.97. The van der Waals surface area contributed by atoms with E-state index in [0.717, 1.165) is 31.6 Å². The number of amides is 1. The normalized spacial score (nSPS) is 29.4. The number of piperidine rings is 3. The molecule has 4 atom stereocenters. The largest absolute Gasteiger partial charge is 0.332 e. The van der Waals surface area contributed by atoms with Crippen LogP contribution in [-0.2, 0) is 6.54 Å². The van der Waals surface area contributed by atoms with E-state index in [1.165, 1.54) is 37.8 Å². The van der Waals surface area contributed by atoms with E-state index in [1.54, 1.807) is 6.20 Å². The number of rotatable bonds is 2. The molecule has 6 heteroatoms. The van der Waals surface area contributed by atoms with E-state index < -0.39 is 0 Å². The van der Waals surface area contributed by atoms with Crippen molar-refractivity contribution in [1.82, 2.24) is 19.4 Å². The summed E-state index contributed by atoms with van der Waals surface area (Å²) in [7, 11) is 0. The predicted octanol–water partition coefficient (Wildman–Crippen LogP) is 3.76. The summed E-state index contributed by atoms with van der Waals surface area (Å²) in [6.07, 6.45) is 11.5. The van der Waals surface area contributed by atoms with E-state index in [4.69, 9.17) is 0 Å². The van der Waals surface area contributed by atoms with Crippen molar-refractivity contribution in [2.45, 2.75) is 71.0 Å². The third-order valence-corrected chi connectivity index (χ3v) is 8.55. The van der Waals surface area contributed by atoms with Crippen molar-refractivity contribution in [3.63, 3.8) is 0 Å². The van der Waals surface area contributed by atoms with E-state index in [9.17, 15) is 9.59 Å². The van der Waals surface area contributed by atoms with Crippen molar-refractivity contribution < 1.29 is 4.79 Å². The Morgan fingerprint density at radius 2 is 2.06 bits per heavy atom. The van der Waals surface area contributed by atoms with Gasteiger partial charge in [0.25, 0.3) is 5.91 Å². The molecule has 4 aliphatic rings. The summed E-state index contributed by atoms with van der Waals surface area (Å²) in [5.41, 5.74) is 3.11. The van der Waals surface area contributed by atoms with E-state index in [-0.39, 0.29) is 17.4 Å². The molecule has 5 heterocycles. The first-order valence-corrected chi connectivity index (χ1v) is 12.8. The minimum absolute atomic E-state index is 0.0977. The second-order valence-corrected chi connectivity index (χ2v) is 10.5. The fourth-order valence-corrected chi connectivity index (χ4v) is 7.11. The van der Waals surface area contributed by atoms with Crippen LogP contribution < -0.4 is 5.43 Å². The Kier molecular flexibility index (Phi) is 5.17. The van der Waals surface area contributed by atoms with Crippen LogP contribution in [0.5, 0.6) is 0 Å². The van der Waals surface area contributed by atoms with Crippen molar-refractivity contribution in [2.24, 2.45) is 11.8 Å². The average Bonchev–Trinajstić information content (AvgIpc) is 2.83.